The fourth-order valence-electron chi connectivity index (χ4n) is 1.42. The number of nitrogens with one attached hydrogen (secondary N) is 2. The summed E-state index contributed by atoms with van der Waals surface area (Å²) in [6.45, 7) is 6.14. The van der Waals surface area contributed by atoms with Crippen LogP contribution in [0.2, 0.25) is 0 Å². The highest BCUT2D eigenvalue weighted by atomic mass is 16.1. The Kier molecular flexibility index (Phi) is 5.69. The Morgan fingerprint density at radius 2 is 2.07 bits per heavy atom. The molecule has 0 aliphatic heterocycles. The van der Waals surface area contributed by atoms with E-state index < -0.39 is 0 Å². The molecule has 0 heterocycles. The van der Waals surface area contributed by atoms with E-state index >= 15 is 0 Å². The number of carbonyl (C=O) groups excluding carboxylic acids is 1. The number of hydrogen-bond acceptors (Lipinski definition) is 2. The molecule has 1 saturated carbocycles. The van der Waals surface area contributed by atoms with Gasteiger partial charge in [-0.2, -0.15) is 0 Å². The van der Waals surface area contributed by atoms with Gasteiger partial charge in [0.2, 0.25) is 5.91 Å². The molecule has 88 valence electrons. The summed E-state index contributed by atoms with van der Waals surface area (Å²) in [4.78, 5) is 11.3. The van der Waals surface area contributed by atoms with E-state index in [4.69, 9.17) is 0 Å². The third-order valence-corrected chi connectivity index (χ3v) is 2.63. The quantitative estimate of drug-likeness (QED) is 0.601. The summed E-state index contributed by atoms with van der Waals surface area (Å²) in [5.74, 6) is 0.822. The Labute approximate surface area is 93.0 Å². The van der Waals surface area contributed by atoms with Crippen LogP contribution in [0.5, 0.6) is 0 Å². The Bertz CT molecular complexity index is 188. The van der Waals surface area contributed by atoms with Gasteiger partial charge >= 0.3 is 0 Å². The summed E-state index contributed by atoms with van der Waals surface area (Å²) in [5.41, 5.74) is 0. The first-order valence-corrected chi connectivity index (χ1v) is 6.18. The minimum absolute atomic E-state index is 0.204. The second-order valence-corrected chi connectivity index (χ2v) is 4.86. The smallest absolute Gasteiger partial charge is 0.220 e. The first kappa shape index (κ1) is 12.5. The molecule has 0 aromatic heterocycles. The van der Waals surface area contributed by atoms with Crippen LogP contribution in [0.4, 0.5) is 0 Å². The lowest BCUT2D eigenvalue weighted by Gasteiger charge is -2.07. The van der Waals surface area contributed by atoms with E-state index in [1.165, 1.54) is 12.8 Å². The van der Waals surface area contributed by atoms with Crippen LogP contribution in [0.3, 0.4) is 0 Å². The van der Waals surface area contributed by atoms with Crippen LogP contribution in [0.1, 0.15) is 46.0 Å². The molecular formula is C12H24N2O. The van der Waals surface area contributed by atoms with Gasteiger partial charge in [-0.15, -0.1) is 0 Å². The molecule has 0 aromatic rings. The van der Waals surface area contributed by atoms with Gasteiger partial charge in [0.1, 0.15) is 0 Å². The molecule has 0 bridgehead atoms. The van der Waals surface area contributed by atoms with Crippen molar-refractivity contribution in [3.05, 3.63) is 0 Å². The van der Waals surface area contributed by atoms with Gasteiger partial charge in [0.05, 0.1) is 0 Å². The van der Waals surface area contributed by atoms with Gasteiger partial charge in [-0.05, 0) is 38.1 Å². The van der Waals surface area contributed by atoms with Gasteiger partial charge in [-0.1, -0.05) is 13.8 Å². The third kappa shape index (κ3) is 7.37. The van der Waals surface area contributed by atoms with Gasteiger partial charge in [0.15, 0.2) is 0 Å². The van der Waals surface area contributed by atoms with Crippen LogP contribution in [0.25, 0.3) is 0 Å². The number of amides is 1. The standard InChI is InChI=1S/C12H24N2O/c1-10(2)4-7-12(15)14-9-3-8-13-11-5-6-11/h10-11,13H,3-9H2,1-2H3,(H,14,15). The Morgan fingerprint density at radius 1 is 1.33 bits per heavy atom. The highest BCUT2D eigenvalue weighted by Crippen LogP contribution is 2.18. The van der Waals surface area contributed by atoms with Gasteiger partial charge < -0.3 is 10.6 Å². The average molecular weight is 212 g/mol. The minimum atomic E-state index is 0.204. The van der Waals surface area contributed by atoms with Gasteiger partial charge in [0.25, 0.3) is 0 Å². The molecular weight excluding hydrogens is 188 g/mol. The monoisotopic (exact) mass is 212 g/mol. The topological polar surface area (TPSA) is 41.1 Å². The molecule has 0 aromatic carbocycles. The molecule has 2 N–H and O–H groups in total. The van der Waals surface area contributed by atoms with Crippen molar-refractivity contribution < 1.29 is 4.79 Å². The van der Waals surface area contributed by atoms with Gasteiger partial charge in [-0.25, -0.2) is 0 Å². The van der Waals surface area contributed by atoms with Crippen molar-refractivity contribution in [1.29, 1.82) is 0 Å². The minimum Gasteiger partial charge on any atom is -0.356 e. The summed E-state index contributed by atoms with van der Waals surface area (Å²) >= 11 is 0. The summed E-state index contributed by atoms with van der Waals surface area (Å²) in [5, 5.41) is 6.38. The molecule has 0 spiro atoms. The first-order valence-electron chi connectivity index (χ1n) is 6.18. The van der Waals surface area contributed by atoms with Crippen molar-refractivity contribution in [3.63, 3.8) is 0 Å². The van der Waals surface area contributed by atoms with Crippen LogP contribution in [-0.2, 0) is 4.79 Å². The maximum absolute atomic E-state index is 11.3. The molecule has 0 atom stereocenters. The van der Waals surface area contributed by atoms with Gasteiger partial charge in [-0.3, -0.25) is 4.79 Å². The van der Waals surface area contributed by atoms with Crippen molar-refractivity contribution in [3.8, 4) is 0 Å². The summed E-state index contributed by atoms with van der Waals surface area (Å²) in [7, 11) is 0. The Morgan fingerprint density at radius 3 is 2.67 bits per heavy atom. The Hall–Kier alpha value is -0.570. The molecule has 15 heavy (non-hydrogen) atoms. The van der Waals surface area contributed by atoms with E-state index in [9.17, 15) is 4.79 Å². The van der Waals surface area contributed by atoms with Crippen molar-refractivity contribution >= 4 is 5.91 Å². The normalized spacial score (nSPS) is 15.7. The van der Waals surface area contributed by atoms with E-state index in [-0.39, 0.29) is 5.91 Å². The molecule has 3 heteroatoms. The molecule has 1 rings (SSSR count). The average Bonchev–Trinajstić information content (AvgIpc) is 2.98. The van der Waals surface area contributed by atoms with Crippen LogP contribution in [0, 0.1) is 5.92 Å². The SMILES string of the molecule is CC(C)CCC(=O)NCCCNC1CC1. The van der Waals surface area contributed by atoms with Crippen molar-refractivity contribution in [1.82, 2.24) is 10.6 Å². The highest BCUT2D eigenvalue weighted by molar-refractivity contribution is 5.75. The van der Waals surface area contributed by atoms with E-state index in [1.807, 2.05) is 0 Å². The van der Waals surface area contributed by atoms with Crippen LogP contribution in [-0.4, -0.2) is 25.0 Å². The van der Waals surface area contributed by atoms with E-state index in [0.717, 1.165) is 32.0 Å². The lowest BCUT2D eigenvalue weighted by atomic mass is 10.1. The van der Waals surface area contributed by atoms with Gasteiger partial charge in [0, 0.05) is 19.0 Å². The fourth-order valence-corrected chi connectivity index (χ4v) is 1.42. The largest absolute Gasteiger partial charge is 0.356 e. The summed E-state index contributed by atoms with van der Waals surface area (Å²) in [6.07, 6.45) is 5.38. The predicted octanol–water partition coefficient (Wildman–Crippen LogP) is 1.68. The second kappa shape index (κ2) is 6.83. The molecule has 0 unspecified atom stereocenters. The maximum Gasteiger partial charge on any atom is 0.220 e. The highest BCUT2D eigenvalue weighted by Gasteiger charge is 2.19. The van der Waals surface area contributed by atoms with Crippen molar-refractivity contribution in [2.24, 2.45) is 5.92 Å². The zero-order chi connectivity index (χ0) is 11.1. The number of carbonyl (C=O) groups is 1. The summed E-state index contributed by atoms with van der Waals surface area (Å²) < 4.78 is 0. The molecule has 0 saturated heterocycles. The van der Waals surface area contributed by atoms with E-state index in [0.29, 0.717) is 12.3 Å². The molecule has 1 aliphatic carbocycles. The van der Waals surface area contributed by atoms with Crippen LogP contribution in [0.15, 0.2) is 0 Å². The first-order chi connectivity index (χ1) is 7.18. The van der Waals surface area contributed by atoms with Crippen LogP contribution < -0.4 is 10.6 Å². The number of rotatable bonds is 8. The second-order valence-electron chi connectivity index (χ2n) is 4.86. The Balaban J connectivity index is 1.82. The van der Waals surface area contributed by atoms with Crippen molar-refractivity contribution in [2.45, 2.75) is 52.0 Å². The van der Waals surface area contributed by atoms with E-state index in [2.05, 4.69) is 24.5 Å². The van der Waals surface area contributed by atoms with Crippen molar-refractivity contribution in [2.75, 3.05) is 13.1 Å². The molecule has 1 fully saturated rings. The number of hydrogen-bond donors (Lipinski definition) is 2. The third-order valence-electron chi connectivity index (χ3n) is 2.63. The zero-order valence-corrected chi connectivity index (χ0v) is 10.0. The lowest BCUT2D eigenvalue weighted by Crippen LogP contribution is -2.27. The maximum atomic E-state index is 11.3. The van der Waals surface area contributed by atoms with Crippen LogP contribution >= 0.6 is 0 Å². The predicted molar refractivity (Wildman–Crippen MR) is 62.7 cm³/mol. The fraction of sp³-hybridized carbons (Fsp3) is 0.917. The zero-order valence-electron chi connectivity index (χ0n) is 10.0. The van der Waals surface area contributed by atoms with E-state index in [1.54, 1.807) is 0 Å². The molecule has 1 aliphatic rings. The molecule has 1 amide bonds. The summed E-state index contributed by atoms with van der Waals surface area (Å²) in [6, 6.07) is 0.779. The molecule has 3 nitrogen and oxygen atoms in total. The lowest BCUT2D eigenvalue weighted by molar-refractivity contribution is -0.121. The molecule has 0 radical (unpaired) electrons.